The quantitative estimate of drug-likeness (QED) is 0.748. The largest absolute Gasteiger partial charge is 0.396 e. The zero-order valence-electron chi connectivity index (χ0n) is 8.98. The molecule has 0 fully saturated rings. The van der Waals surface area contributed by atoms with Crippen LogP contribution in [-0.4, -0.2) is 33.7 Å². The van der Waals surface area contributed by atoms with E-state index in [4.69, 9.17) is 5.73 Å². The van der Waals surface area contributed by atoms with Gasteiger partial charge in [0.25, 0.3) is 5.91 Å². The summed E-state index contributed by atoms with van der Waals surface area (Å²) in [7, 11) is 3.46. The SMILES string of the molecule is CC(C)N(C)C(=O)c1c(N)cnn1C. The van der Waals surface area contributed by atoms with Crippen LogP contribution in [0.1, 0.15) is 24.3 Å². The molecule has 0 saturated carbocycles. The molecule has 0 aromatic carbocycles. The van der Waals surface area contributed by atoms with Gasteiger partial charge in [0.2, 0.25) is 0 Å². The van der Waals surface area contributed by atoms with Crippen LogP contribution < -0.4 is 5.73 Å². The molecule has 5 nitrogen and oxygen atoms in total. The molecule has 0 saturated heterocycles. The molecule has 5 heteroatoms. The van der Waals surface area contributed by atoms with E-state index in [-0.39, 0.29) is 11.9 Å². The van der Waals surface area contributed by atoms with Gasteiger partial charge in [-0.05, 0) is 13.8 Å². The van der Waals surface area contributed by atoms with Gasteiger partial charge in [-0.1, -0.05) is 0 Å². The first-order chi connectivity index (χ1) is 6.45. The molecular formula is C9H16N4O. The molecule has 0 aliphatic rings. The fraction of sp³-hybridized carbons (Fsp3) is 0.556. The van der Waals surface area contributed by atoms with Crippen LogP contribution in [0.4, 0.5) is 5.69 Å². The van der Waals surface area contributed by atoms with Crippen molar-refractivity contribution in [3.8, 4) is 0 Å². The number of rotatable bonds is 2. The summed E-state index contributed by atoms with van der Waals surface area (Å²) in [6.45, 7) is 3.90. The minimum absolute atomic E-state index is 0.0995. The van der Waals surface area contributed by atoms with E-state index in [9.17, 15) is 4.79 Å². The Bertz CT molecular complexity index is 323. The zero-order valence-corrected chi connectivity index (χ0v) is 8.98. The van der Waals surface area contributed by atoms with Crippen molar-refractivity contribution in [3.63, 3.8) is 0 Å². The normalized spacial score (nSPS) is 10.6. The monoisotopic (exact) mass is 196 g/mol. The van der Waals surface area contributed by atoms with Gasteiger partial charge in [-0.2, -0.15) is 5.10 Å². The van der Waals surface area contributed by atoms with E-state index >= 15 is 0 Å². The number of anilines is 1. The summed E-state index contributed by atoms with van der Waals surface area (Å²) >= 11 is 0. The number of aryl methyl sites for hydroxylation is 1. The van der Waals surface area contributed by atoms with Crippen LogP contribution in [0, 0.1) is 0 Å². The van der Waals surface area contributed by atoms with Gasteiger partial charge >= 0.3 is 0 Å². The molecule has 78 valence electrons. The van der Waals surface area contributed by atoms with Crippen LogP contribution in [0.25, 0.3) is 0 Å². The molecule has 1 rings (SSSR count). The molecule has 14 heavy (non-hydrogen) atoms. The van der Waals surface area contributed by atoms with Gasteiger partial charge in [-0.25, -0.2) is 0 Å². The summed E-state index contributed by atoms with van der Waals surface area (Å²) in [4.78, 5) is 13.5. The standard InChI is InChI=1S/C9H16N4O/c1-6(2)12(3)9(14)8-7(10)5-11-13(8)4/h5-6H,10H2,1-4H3. The summed E-state index contributed by atoms with van der Waals surface area (Å²) in [5.41, 5.74) is 6.52. The lowest BCUT2D eigenvalue weighted by Crippen LogP contribution is -2.34. The molecule has 1 aromatic heterocycles. The Morgan fingerprint density at radius 3 is 2.57 bits per heavy atom. The van der Waals surface area contributed by atoms with Crippen LogP contribution in [-0.2, 0) is 7.05 Å². The topological polar surface area (TPSA) is 64.2 Å². The highest BCUT2D eigenvalue weighted by atomic mass is 16.2. The summed E-state index contributed by atoms with van der Waals surface area (Å²) < 4.78 is 1.50. The smallest absolute Gasteiger partial charge is 0.274 e. The molecular weight excluding hydrogens is 180 g/mol. The third-order valence-corrected chi connectivity index (χ3v) is 2.26. The molecule has 1 heterocycles. The van der Waals surface area contributed by atoms with E-state index in [1.807, 2.05) is 13.8 Å². The molecule has 0 aliphatic heterocycles. The Hall–Kier alpha value is -1.52. The molecule has 0 bridgehead atoms. The maximum Gasteiger partial charge on any atom is 0.274 e. The zero-order chi connectivity index (χ0) is 10.9. The predicted octanol–water partition coefficient (Wildman–Crippen LogP) is 0.483. The van der Waals surface area contributed by atoms with Crippen molar-refractivity contribution in [2.24, 2.45) is 7.05 Å². The van der Waals surface area contributed by atoms with Crippen LogP contribution in [0.2, 0.25) is 0 Å². The van der Waals surface area contributed by atoms with E-state index in [2.05, 4.69) is 5.10 Å². The van der Waals surface area contributed by atoms with E-state index in [1.54, 1.807) is 19.0 Å². The van der Waals surface area contributed by atoms with Gasteiger partial charge in [0, 0.05) is 20.1 Å². The highest BCUT2D eigenvalue weighted by molar-refractivity contribution is 5.97. The van der Waals surface area contributed by atoms with Crippen LogP contribution >= 0.6 is 0 Å². The highest BCUT2D eigenvalue weighted by Crippen LogP contribution is 2.12. The average molecular weight is 196 g/mol. The first kappa shape index (κ1) is 10.6. The van der Waals surface area contributed by atoms with Crippen molar-refractivity contribution < 1.29 is 4.79 Å². The second kappa shape index (κ2) is 3.69. The Morgan fingerprint density at radius 2 is 2.21 bits per heavy atom. The number of carbonyl (C=O) groups is 1. The number of amides is 1. The molecule has 0 atom stereocenters. The van der Waals surface area contributed by atoms with Gasteiger partial charge in [0.1, 0.15) is 5.69 Å². The van der Waals surface area contributed by atoms with Crippen molar-refractivity contribution in [2.45, 2.75) is 19.9 Å². The minimum Gasteiger partial charge on any atom is -0.396 e. The molecule has 0 aliphatic carbocycles. The third-order valence-electron chi connectivity index (χ3n) is 2.26. The van der Waals surface area contributed by atoms with Crippen molar-refractivity contribution >= 4 is 11.6 Å². The number of hydrogen-bond donors (Lipinski definition) is 1. The van der Waals surface area contributed by atoms with E-state index in [0.717, 1.165) is 0 Å². The first-order valence-corrected chi connectivity index (χ1v) is 4.49. The van der Waals surface area contributed by atoms with Gasteiger partial charge in [0.05, 0.1) is 11.9 Å². The summed E-state index contributed by atoms with van der Waals surface area (Å²) in [5.74, 6) is -0.0995. The van der Waals surface area contributed by atoms with Crippen LogP contribution in [0.5, 0.6) is 0 Å². The lowest BCUT2D eigenvalue weighted by atomic mass is 10.3. The van der Waals surface area contributed by atoms with Gasteiger partial charge < -0.3 is 10.6 Å². The summed E-state index contributed by atoms with van der Waals surface area (Å²) in [6.07, 6.45) is 1.49. The molecule has 2 N–H and O–H groups in total. The highest BCUT2D eigenvalue weighted by Gasteiger charge is 2.20. The van der Waals surface area contributed by atoms with Crippen molar-refractivity contribution in [1.29, 1.82) is 0 Å². The Kier molecular flexibility index (Phi) is 2.78. The molecule has 0 radical (unpaired) electrons. The molecule has 0 spiro atoms. The first-order valence-electron chi connectivity index (χ1n) is 4.49. The number of nitrogens with zero attached hydrogens (tertiary/aromatic N) is 3. The maximum atomic E-state index is 11.9. The number of carbonyl (C=O) groups excluding carboxylic acids is 1. The third kappa shape index (κ3) is 1.71. The predicted molar refractivity (Wildman–Crippen MR) is 54.8 cm³/mol. The van der Waals surface area contributed by atoms with Crippen LogP contribution in [0.3, 0.4) is 0 Å². The van der Waals surface area contributed by atoms with Crippen molar-refractivity contribution in [3.05, 3.63) is 11.9 Å². The van der Waals surface area contributed by atoms with Gasteiger partial charge in [-0.15, -0.1) is 0 Å². The molecule has 0 unspecified atom stereocenters. The average Bonchev–Trinajstić information content (AvgIpc) is 2.44. The second-order valence-corrected chi connectivity index (χ2v) is 3.58. The lowest BCUT2D eigenvalue weighted by Gasteiger charge is -2.21. The van der Waals surface area contributed by atoms with Gasteiger partial charge in [0.15, 0.2) is 0 Å². The number of aromatic nitrogens is 2. The number of nitrogens with two attached hydrogens (primary N) is 1. The van der Waals surface area contributed by atoms with Crippen molar-refractivity contribution in [1.82, 2.24) is 14.7 Å². The van der Waals surface area contributed by atoms with E-state index in [1.165, 1.54) is 10.9 Å². The second-order valence-electron chi connectivity index (χ2n) is 3.58. The van der Waals surface area contributed by atoms with E-state index < -0.39 is 0 Å². The Labute approximate surface area is 83.5 Å². The summed E-state index contributed by atoms with van der Waals surface area (Å²) in [5, 5.41) is 3.92. The van der Waals surface area contributed by atoms with Gasteiger partial charge in [-0.3, -0.25) is 9.48 Å². The minimum atomic E-state index is -0.0995. The molecule has 1 amide bonds. The maximum absolute atomic E-state index is 11.9. The Balaban J connectivity index is 3.00. The fourth-order valence-corrected chi connectivity index (χ4v) is 1.12. The van der Waals surface area contributed by atoms with Crippen LogP contribution in [0.15, 0.2) is 6.20 Å². The van der Waals surface area contributed by atoms with E-state index in [0.29, 0.717) is 11.4 Å². The number of nitrogen functional groups attached to an aromatic ring is 1. The van der Waals surface area contributed by atoms with Crippen molar-refractivity contribution in [2.75, 3.05) is 12.8 Å². The molecule has 1 aromatic rings. The lowest BCUT2D eigenvalue weighted by molar-refractivity contribution is 0.0745. The summed E-state index contributed by atoms with van der Waals surface area (Å²) in [6, 6.07) is 0.150. The number of hydrogen-bond acceptors (Lipinski definition) is 3. The Morgan fingerprint density at radius 1 is 1.64 bits per heavy atom. The fourth-order valence-electron chi connectivity index (χ4n) is 1.12.